The van der Waals surface area contributed by atoms with Crippen LogP contribution in [0.1, 0.15) is 39.5 Å². The van der Waals surface area contributed by atoms with Crippen LogP contribution in [0.4, 0.5) is 0 Å². The molecule has 0 aliphatic heterocycles. The predicted molar refractivity (Wildman–Crippen MR) is 86.3 cm³/mol. The molecule has 0 aliphatic rings. The van der Waals surface area contributed by atoms with Gasteiger partial charge in [0.05, 0.1) is 0 Å². The second-order valence-corrected chi connectivity index (χ2v) is 5.01. The number of carboxylic acid groups (broad SMARTS) is 2. The van der Waals surface area contributed by atoms with Gasteiger partial charge in [0.15, 0.2) is 12.2 Å². The maximum absolute atomic E-state index is 9.77. The van der Waals surface area contributed by atoms with Crippen molar-refractivity contribution in [2.75, 3.05) is 12.3 Å². The van der Waals surface area contributed by atoms with Gasteiger partial charge in [-0.3, -0.25) is 0 Å². The molecule has 4 N–H and O–H groups in total. The first kappa shape index (κ1) is 24.7. The van der Waals surface area contributed by atoms with Gasteiger partial charge in [0.1, 0.15) is 0 Å². The summed E-state index contributed by atoms with van der Waals surface area (Å²) in [6.45, 7) is 4.40. The lowest BCUT2D eigenvalue weighted by atomic mass is 10.2. The van der Waals surface area contributed by atoms with E-state index in [0.29, 0.717) is 0 Å². The number of aliphatic hydroxyl groups excluding tert-OH is 2. The smallest absolute Gasteiger partial charge is 0.335 e. The fraction of sp³-hybridized carbons (Fsp3) is 0.833. The van der Waals surface area contributed by atoms with Gasteiger partial charge in [-0.1, -0.05) is 39.5 Å². The van der Waals surface area contributed by atoms with Crippen LogP contribution in [-0.2, 0) is 9.59 Å². The summed E-state index contributed by atoms with van der Waals surface area (Å²) in [5.74, 6) is -3.54. The Kier molecular flexibility index (Phi) is 23.1. The third-order valence-electron chi connectivity index (χ3n) is 1.92. The molecule has 0 aromatic rings. The first-order chi connectivity index (χ1) is 9.29. The van der Waals surface area contributed by atoms with Crippen LogP contribution in [0.15, 0.2) is 0 Å². The van der Waals surface area contributed by atoms with Crippen LogP contribution in [0, 0.1) is 0 Å². The molecule has 0 aromatic carbocycles. The van der Waals surface area contributed by atoms with Gasteiger partial charge in [-0.05, 0) is 12.3 Å². The fourth-order valence-electron chi connectivity index (χ4n) is 0.678. The molecule has 4 unspecified atom stereocenters. The first-order valence-corrected chi connectivity index (χ1v) is 8.15. The van der Waals surface area contributed by atoms with E-state index in [-0.39, 0.29) is 0 Å². The standard InChI is InChI=1S/C4H6O6.2C4H11P/c5-1(3(7)8)2(6)4(9)10;2*1-2-3-4-5/h1-2,5-6H,(H,7,8)(H,9,10);2*2-5H2,1H3. The van der Waals surface area contributed by atoms with E-state index in [1.54, 1.807) is 0 Å². The van der Waals surface area contributed by atoms with Crippen molar-refractivity contribution in [3.05, 3.63) is 0 Å². The van der Waals surface area contributed by atoms with Crippen LogP contribution in [0.2, 0.25) is 0 Å². The zero-order valence-corrected chi connectivity index (χ0v) is 14.5. The maximum atomic E-state index is 9.77. The minimum Gasteiger partial charge on any atom is -0.479 e. The van der Waals surface area contributed by atoms with Gasteiger partial charge in [0.25, 0.3) is 0 Å². The Balaban J connectivity index is -0.000000244. The van der Waals surface area contributed by atoms with Crippen molar-refractivity contribution in [2.24, 2.45) is 0 Å². The molecule has 0 radical (unpaired) electrons. The third-order valence-corrected chi connectivity index (χ3v) is 2.74. The third kappa shape index (κ3) is 20.0. The van der Waals surface area contributed by atoms with Crippen molar-refractivity contribution in [3.8, 4) is 0 Å². The average Bonchev–Trinajstić information content (AvgIpc) is 2.40. The molecular formula is C12H28O6P2. The number of aliphatic carboxylic acids is 2. The summed E-state index contributed by atoms with van der Waals surface area (Å²) in [7, 11) is 5.40. The van der Waals surface area contributed by atoms with Crippen LogP contribution in [0.3, 0.4) is 0 Å². The Morgan fingerprint density at radius 3 is 1.15 bits per heavy atom. The predicted octanol–water partition coefficient (Wildman–Crippen LogP) is 1.20. The minimum atomic E-state index is -2.27. The molecule has 0 amide bonds. The zero-order valence-electron chi connectivity index (χ0n) is 12.2. The average molecular weight is 330 g/mol. The van der Waals surface area contributed by atoms with Gasteiger partial charge in [0.2, 0.25) is 0 Å². The molecule has 0 spiro atoms. The summed E-state index contributed by atoms with van der Waals surface area (Å²) in [5, 5.41) is 32.5. The molecule has 0 fully saturated rings. The van der Waals surface area contributed by atoms with Crippen molar-refractivity contribution in [1.82, 2.24) is 0 Å². The molecule has 0 saturated heterocycles. The minimum absolute atomic E-state index is 1.26. The van der Waals surface area contributed by atoms with Gasteiger partial charge >= 0.3 is 11.9 Å². The molecule has 20 heavy (non-hydrogen) atoms. The lowest BCUT2D eigenvalue weighted by Gasteiger charge is -2.07. The van der Waals surface area contributed by atoms with Crippen LogP contribution in [0.25, 0.3) is 0 Å². The molecule has 4 atom stereocenters. The maximum Gasteiger partial charge on any atom is 0.335 e. The summed E-state index contributed by atoms with van der Waals surface area (Å²) in [5.41, 5.74) is 0. The summed E-state index contributed by atoms with van der Waals surface area (Å²) in [4.78, 5) is 19.5. The van der Waals surface area contributed by atoms with Crippen LogP contribution < -0.4 is 0 Å². The summed E-state index contributed by atoms with van der Waals surface area (Å²) in [6, 6.07) is 0. The Morgan fingerprint density at radius 1 is 0.850 bits per heavy atom. The first-order valence-electron chi connectivity index (χ1n) is 6.51. The van der Waals surface area contributed by atoms with Crippen molar-refractivity contribution in [3.63, 3.8) is 0 Å². The van der Waals surface area contributed by atoms with Crippen LogP contribution >= 0.6 is 18.5 Å². The molecule has 122 valence electrons. The summed E-state index contributed by atoms with van der Waals surface area (Å²) in [6.07, 6.45) is 3.34. The molecule has 0 aliphatic carbocycles. The van der Waals surface area contributed by atoms with Crippen molar-refractivity contribution >= 4 is 30.4 Å². The molecule has 0 saturated carbocycles. The topological polar surface area (TPSA) is 115 Å². The molecule has 0 rings (SSSR count). The lowest BCUT2D eigenvalue weighted by Crippen LogP contribution is -2.39. The number of carboxylic acids is 2. The highest BCUT2D eigenvalue weighted by molar-refractivity contribution is 7.16. The Bertz CT molecular complexity index is 210. The monoisotopic (exact) mass is 330 g/mol. The van der Waals surface area contributed by atoms with Crippen LogP contribution in [-0.4, -0.2) is 56.9 Å². The second kappa shape index (κ2) is 18.7. The van der Waals surface area contributed by atoms with E-state index >= 15 is 0 Å². The van der Waals surface area contributed by atoms with E-state index < -0.39 is 24.1 Å². The van der Waals surface area contributed by atoms with E-state index in [1.165, 1.54) is 38.0 Å². The van der Waals surface area contributed by atoms with Gasteiger partial charge in [-0.15, -0.1) is 18.5 Å². The van der Waals surface area contributed by atoms with E-state index in [2.05, 4.69) is 32.3 Å². The Labute approximate surface area is 125 Å². The number of unbranched alkanes of at least 4 members (excludes halogenated alkanes) is 2. The Morgan fingerprint density at radius 2 is 1.10 bits per heavy atom. The van der Waals surface area contributed by atoms with Crippen molar-refractivity contribution in [2.45, 2.75) is 51.7 Å². The number of hydrogen-bond donors (Lipinski definition) is 4. The molecule has 0 aromatic heterocycles. The largest absolute Gasteiger partial charge is 0.479 e. The summed E-state index contributed by atoms with van der Waals surface area (Å²) < 4.78 is 0. The van der Waals surface area contributed by atoms with E-state index in [4.69, 9.17) is 20.4 Å². The molecule has 8 heteroatoms. The SMILES string of the molecule is CCCCP.CCCCP.O=C(O)C(O)C(O)C(=O)O. The molecule has 0 heterocycles. The van der Waals surface area contributed by atoms with E-state index in [1.807, 2.05) is 0 Å². The highest BCUT2D eigenvalue weighted by Crippen LogP contribution is 1.92. The highest BCUT2D eigenvalue weighted by atomic mass is 31.0. The van der Waals surface area contributed by atoms with Gasteiger partial charge in [0, 0.05) is 0 Å². The normalized spacial score (nSPS) is 12.1. The summed E-state index contributed by atoms with van der Waals surface area (Å²) >= 11 is 0. The molecule has 6 nitrogen and oxygen atoms in total. The highest BCUT2D eigenvalue weighted by Gasteiger charge is 2.29. The quantitative estimate of drug-likeness (QED) is 0.522. The number of carbonyl (C=O) groups is 2. The number of hydrogen-bond acceptors (Lipinski definition) is 4. The Hall–Kier alpha value is -0.280. The van der Waals surface area contributed by atoms with Gasteiger partial charge in [-0.25, -0.2) is 9.59 Å². The molecule has 0 bridgehead atoms. The van der Waals surface area contributed by atoms with Crippen LogP contribution in [0.5, 0.6) is 0 Å². The fourth-order valence-corrected chi connectivity index (χ4v) is 1.49. The second-order valence-electron chi connectivity index (χ2n) is 3.85. The van der Waals surface area contributed by atoms with E-state index in [9.17, 15) is 9.59 Å². The van der Waals surface area contributed by atoms with Crippen molar-refractivity contribution in [1.29, 1.82) is 0 Å². The van der Waals surface area contributed by atoms with Gasteiger partial charge < -0.3 is 20.4 Å². The number of rotatable bonds is 7. The number of aliphatic hydroxyl groups is 2. The lowest BCUT2D eigenvalue weighted by molar-refractivity contribution is -0.165. The van der Waals surface area contributed by atoms with Crippen molar-refractivity contribution < 1.29 is 30.0 Å². The van der Waals surface area contributed by atoms with E-state index in [0.717, 1.165) is 0 Å². The zero-order chi connectivity index (χ0) is 16.6. The van der Waals surface area contributed by atoms with Gasteiger partial charge in [-0.2, -0.15) is 0 Å². The molecular weight excluding hydrogens is 302 g/mol.